The van der Waals surface area contributed by atoms with Gasteiger partial charge in [0.25, 0.3) is 0 Å². The van der Waals surface area contributed by atoms with Crippen molar-refractivity contribution in [3.05, 3.63) is 187 Å². The third kappa shape index (κ3) is 5.93. The van der Waals surface area contributed by atoms with Crippen LogP contribution in [-0.4, -0.2) is 4.86 Å². The van der Waals surface area contributed by atoms with E-state index in [2.05, 4.69) is 170 Å². The molecule has 0 radical (unpaired) electrons. The van der Waals surface area contributed by atoms with E-state index in [1.54, 1.807) is 11.4 Å². The summed E-state index contributed by atoms with van der Waals surface area (Å²) in [4.78, 5) is 6.48. The molecule has 0 N–H and O–H groups in total. The molecule has 39 heavy (non-hydrogen) atoms. The first kappa shape index (κ1) is 25.1. The quantitative estimate of drug-likeness (QED) is 0.150. The Morgan fingerprint density at radius 2 is 0.821 bits per heavy atom. The number of hydrogen-bond donors (Lipinski definition) is 0. The Balaban J connectivity index is 1.29. The highest BCUT2D eigenvalue weighted by Gasteiger charge is 2.28. The summed E-state index contributed by atoms with van der Waals surface area (Å²) in [5.74, 6) is 0. The van der Waals surface area contributed by atoms with Gasteiger partial charge in [-0.05, 0) is 70.8 Å². The topological polar surface area (TPSA) is 0 Å². The van der Waals surface area contributed by atoms with E-state index in [0.29, 0.717) is 0 Å². The van der Waals surface area contributed by atoms with Gasteiger partial charge in [-0.15, -0.1) is 0 Å². The first-order valence-corrected chi connectivity index (χ1v) is 15.1. The van der Waals surface area contributed by atoms with Crippen molar-refractivity contribution in [1.29, 1.82) is 0 Å². The minimum absolute atomic E-state index is 0.126. The van der Waals surface area contributed by atoms with Crippen molar-refractivity contribution >= 4 is 32.7 Å². The molecule has 5 aromatic carbocycles. The summed E-state index contributed by atoms with van der Waals surface area (Å²) in [6.45, 7) is 0. The summed E-state index contributed by atoms with van der Waals surface area (Å²) in [5.41, 5.74) is 4.94. The van der Waals surface area contributed by atoms with Crippen molar-refractivity contribution < 1.29 is 0 Å². The van der Waals surface area contributed by atoms with Gasteiger partial charge in [-0.1, -0.05) is 97.1 Å². The zero-order valence-electron chi connectivity index (χ0n) is 21.5. The van der Waals surface area contributed by atoms with Crippen molar-refractivity contribution in [3.63, 3.8) is 0 Å². The van der Waals surface area contributed by atoms with Gasteiger partial charge in [0.1, 0.15) is 0 Å². The molecule has 0 heterocycles. The van der Waals surface area contributed by atoms with Crippen molar-refractivity contribution in [3.8, 4) is 0 Å². The molecule has 0 amide bonds. The van der Waals surface area contributed by atoms with Gasteiger partial charge in [-0.2, -0.15) is 0 Å². The Bertz CT molecular complexity index is 1550. The Hall–Kier alpha value is -4.24. The molecule has 0 fully saturated rings. The van der Waals surface area contributed by atoms with Gasteiger partial charge in [0.05, 0.1) is 10.9 Å². The second kappa shape index (κ2) is 12.1. The molecule has 2 heteroatoms. The first-order chi connectivity index (χ1) is 19.3. The predicted molar refractivity (Wildman–Crippen MR) is 169 cm³/mol. The molecule has 1 aliphatic carbocycles. The Labute approximate surface area is 238 Å². The lowest BCUT2D eigenvalue weighted by Crippen LogP contribution is -2.04. The zero-order chi connectivity index (χ0) is 26.3. The fourth-order valence-corrected chi connectivity index (χ4v) is 7.60. The largest absolute Gasteiger partial charge is 0.231 e. The van der Waals surface area contributed by atoms with E-state index >= 15 is 0 Å². The van der Waals surface area contributed by atoms with Crippen LogP contribution in [0.3, 0.4) is 0 Å². The number of hydrogen-bond acceptors (Lipinski definition) is 0. The molecule has 0 nitrogen and oxygen atoms in total. The predicted octanol–water partition coefficient (Wildman–Crippen LogP) is 9.02. The summed E-state index contributed by atoms with van der Waals surface area (Å²) in [6, 6.07) is 52.0. The highest BCUT2D eigenvalue weighted by molar-refractivity contribution is 7.97. The summed E-state index contributed by atoms with van der Waals surface area (Å²) >= 11 is 1.81. The molecular formula is C37H28S2+2. The van der Waals surface area contributed by atoms with Gasteiger partial charge in [-0.3, -0.25) is 0 Å². The highest BCUT2D eigenvalue weighted by Crippen LogP contribution is 2.32. The molecule has 0 saturated carbocycles. The molecule has 0 spiro atoms. The van der Waals surface area contributed by atoms with Crippen LogP contribution in [0.2, 0.25) is 0 Å². The third-order valence-corrected chi connectivity index (χ3v) is 9.77. The molecule has 5 aromatic rings. The van der Waals surface area contributed by atoms with E-state index in [9.17, 15) is 0 Å². The normalized spacial score (nSPS) is 12.5. The molecule has 0 aromatic heterocycles. The van der Waals surface area contributed by atoms with Gasteiger partial charge in [0.2, 0.25) is 21.1 Å². The van der Waals surface area contributed by atoms with Crippen LogP contribution in [0.25, 0.3) is 5.57 Å². The van der Waals surface area contributed by atoms with E-state index in [0.717, 1.165) is 0 Å². The number of allylic oxidation sites excluding steroid dienone is 5. The van der Waals surface area contributed by atoms with E-state index in [4.69, 9.17) is 0 Å². The fourth-order valence-electron chi connectivity index (χ4n) is 4.70. The van der Waals surface area contributed by atoms with Crippen LogP contribution in [0.15, 0.2) is 195 Å². The van der Waals surface area contributed by atoms with Crippen LogP contribution >= 0.6 is 0 Å². The minimum atomic E-state index is -0.126. The van der Waals surface area contributed by atoms with Gasteiger partial charge >= 0.3 is 0 Å². The van der Waals surface area contributed by atoms with Crippen molar-refractivity contribution in [2.45, 2.75) is 19.6 Å². The van der Waals surface area contributed by atoms with Crippen LogP contribution in [0.1, 0.15) is 11.1 Å². The lowest BCUT2D eigenvalue weighted by atomic mass is 9.91. The molecule has 0 aliphatic heterocycles. The van der Waals surface area contributed by atoms with Gasteiger partial charge in [0, 0.05) is 24.3 Å². The minimum Gasteiger partial charge on any atom is -0.0622 e. The lowest BCUT2D eigenvalue weighted by molar-refractivity contribution is 1.29. The van der Waals surface area contributed by atoms with Crippen LogP contribution in [0.4, 0.5) is 0 Å². The summed E-state index contributed by atoms with van der Waals surface area (Å²) in [5, 5.41) is 0. The first-order valence-electron chi connectivity index (χ1n) is 13.1. The van der Waals surface area contributed by atoms with Crippen molar-refractivity contribution in [2.75, 3.05) is 0 Å². The zero-order valence-corrected chi connectivity index (χ0v) is 23.1. The third-order valence-electron chi connectivity index (χ3n) is 6.52. The molecule has 186 valence electrons. The molecule has 0 atom stereocenters. The van der Waals surface area contributed by atoms with E-state index < -0.39 is 0 Å². The summed E-state index contributed by atoms with van der Waals surface area (Å²) in [6.07, 6.45) is 8.96. The van der Waals surface area contributed by atoms with E-state index in [-0.39, 0.29) is 10.9 Å². The van der Waals surface area contributed by atoms with Crippen LogP contribution in [-0.2, 0) is 22.2 Å². The molecule has 0 unspecified atom stereocenters. The highest BCUT2D eigenvalue weighted by atomic mass is 32.2. The van der Waals surface area contributed by atoms with Crippen molar-refractivity contribution in [1.82, 2.24) is 0 Å². The summed E-state index contributed by atoms with van der Waals surface area (Å²) in [7, 11) is -0.126. The standard InChI is InChI=1S/C37H28S2/c1-5-13-29(14-6-1)37(30-15-7-2-8-16-30)31-21-23-32(24-22-31)38-33-25-27-36(28-26-33)39(34-17-9-3-10-18-34)35-19-11-4-12-20-35/h1-28H/q+2. The maximum Gasteiger partial charge on any atom is 0.231 e. The van der Waals surface area contributed by atoms with Crippen molar-refractivity contribution in [2.24, 2.45) is 0 Å². The van der Waals surface area contributed by atoms with E-state index in [1.165, 1.54) is 46.7 Å². The molecular weight excluding hydrogens is 509 g/mol. The number of rotatable bonds is 6. The second-order valence-electron chi connectivity index (χ2n) is 9.14. The molecule has 1 aliphatic rings. The molecule has 0 bridgehead atoms. The average molecular weight is 537 g/mol. The molecule has 6 rings (SSSR count). The lowest BCUT2D eigenvalue weighted by Gasteiger charge is -2.13. The Morgan fingerprint density at radius 3 is 1.28 bits per heavy atom. The Kier molecular flexibility index (Phi) is 7.76. The smallest absolute Gasteiger partial charge is 0.0622 e. The maximum atomic E-state index is 2.29. The fraction of sp³-hybridized carbons (Fsp3) is 0. The SMILES string of the molecule is C1=CC(=C(c2ccccc2)c2ccccc2)C=CC1=[S+]c1ccc([S+](c2ccccc2)c2ccccc2)cc1. The number of benzene rings is 5. The molecule has 0 saturated heterocycles. The van der Waals surface area contributed by atoms with Gasteiger partial charge in [-0.25, -0.2) is 0 Å². The van der Waals surface area contributed by atoms with Crippen LogP contribution < -0.4 is 0 Å². The van der Waals surface area contributed by atoms with Crippen LogP contribution in [0, 0.1) is 0 Å². The van der Waals surface area contributed by atoms with E-state index in [1.807, 2.05) is 0 Å². The van der Waals surface area contributed by atoms with Crippen LogP contribution in [0.5, 0.6) is 0 Å². The maximum absolute atomic E-state index is 2.29. The monoisotopic (exact) mass is 536 g/mol. The Morgan fingerprint density at radius 1 is 0.410 bits per heavy atom. The summed E-state index contributed by atoms with van der Waals surface area (Å²) < 4.78 is 0. The van der Waals surface area contributed by atoms with Gasteiger partial charge < -0.3 is 0 Å². The van der Waals surface area contributed by atoms with Gasteiger partial charge in [0.15, 0.2) is 14.7 Å². The second-order valence-corrected chi connectivity index (χ2v) is 12.3. The average Bonchev–Trinajstić information content (AvgIpc) is 3.01.